The first-order valence-corrected chi connectivity index (χ1v) is 6.34. The Bertz CT molecular complexity index is 409. The lowest BCUT2D eigenvalue weighted by Gasteiger charge is -2.21. The van der Waals surface area contributed by atoms with Crippen LogP contribution in [0.1, 0.15) is 43.2 Å². The summed E-state index contributed by atoms with van der Waals surface area (Å²) in [6, 6.07) is 0.140. The van der Waals surface area contributed by atoms with Crippen LogP contribution in [0.5, 0.6) is 0 Å². The number of halogens is 1. The van der Waals surface area contributed by atoms with Crippen LogP contribution < -0.4 is 0 Å². The van der Waals surface area contributed by atoms with Crippen LogP contribution in [-0.2, 0) is 4.74 Å². The highest BCUT2D eigenvalue weighted by Gasteiger charge is 2.28. The van der Waals surface area contributed by atoms with Crippen LogP contribution in [0.2, 0.25) is 5.02 Å². The molecule has 0 unspecified atom stereocenters. The molecule has 2 heterocycles. The minimum atomic E-state index is 0.0236. The third-order valence-electron chi connectivity index (χ3n) is 3.07. The maximum Gasteiger partial charge on any atom is 0.185 e. The van der Waals surface area contributed by atoms with Gasteiger partial charge in [0.2, 0.25) is 0 Å². The molecule has 0 bridgehead atoms. The van der Waals surface area contributed by atoms with Crippen LogP contribution in [0, 0.1) is 5.92 Å². The van der Waals surface area contributed by atoms with E-state index in [1.54, 1.807) is 10.9 Å². The topological polar surface area (TPSA) is 44.1 Å². The third kappa shape index (κ3) is 2.53. The second kappa shape index (κ2) is 5.19. The third-order valence-corrected chi connectivity index (χ3v) is 3.34. The Kier molecular flexibility index (Phi) is 3.84. The molecular formula is C12H17ClN2O2. The molecule has 1 aliphatic heterocycles. The van der Waals surface area contributed by atoms with Gasteiger partial charge < -0.3 is 4.74 Å². The monoisotopic (exact) mass is 256 g/mol. The van der Waals surface area contributed by atoms with Crippen LogP contribution in [0.4, 0.5) is 0 Å². The van der Waals surface area contributed by atoms with E-state index in [1.165, 1.54) is 0 Å². The number of hydrogen-bond acceptors (Lipinski definition) is 3. The summed E-state index contributed by atoms with van der Waals surface area (Å²) in [5, 5.41) is 4.62. The maximum absolute atomic E-state index is 12.4. The normalized spacial score (nSPS) is 17.6. The van der Waals surface area contributed by atoms with E-state index in [0.29, 0.717) is 23.9 Å². The summed E-state index contributed by atoms with van der Waals surface area (Å²) in [5.41, 5.74) is 0.550. The van der Waals surface area contributed by atoms with Crippen molar-refractivity contribution in [2.24, 2.45) is 5.92 Å². The zero-order valence-electron chi connectivity index (χ0n) is 10.1. The van der Waals surface area contributed by atoms with Crippen molar-refractivity contribution in [3.63, 3.8) is 0 Å². The highest BCUT2D eigenvalue weighted by molar-refractivity contribution is 6.33. The number of carbonyl (C=O) groups is 1. The summed E-state index contributed by atoms with van der Waals surface area (Å²) in [7, 11) is 0. The lowest BCUT2D eigenvalue weighted by molar-refractivity contribution is 0.0537. The van der Waals surface area contributed by atoms with Crippen LogP contribution in [0.25, 0.3) is 0 Å². The van der Waals surface area contributed by atoms with Crippen molar-refractivity contribution in [1.29, 1.82) is 0 Å². The van der Waals surface area contributed by atoms with Gasteiger partial charge in [-0.05, 0) is 26.7 Å². The summed E-state index contributed by atoms with van der Waals surface area (Å²) >= 11 is 6.07. The second-order valence-corrected chi connectivity index (χ2v) is 5.04. The Hall–Kier alpha value is -0.870. The highest BCUT2D eigenvalue weighted by atomic mass is 35.5. The number of ether oxygens (including phenoxy) is 1. The van der Waals surface area contributed by atoms with Gasteiger partial charge in [-0.3, -0.25) is 9.48 Å². The van der Waals surface area contributed by atoms with Crippen LogP contribution in [0.3, 0.4) is 0 Å². The zero-order valence-corrected chi connectivity index (χ0v) is 10.9. The summed E-state index contributed by atoms with van der Waals surface area (Å²) in [4.78, 5) is 12.4. The molecule has 1 fully saturated rings. The van der Waals surface area contributed by atoms with Gasteiger partial charge in [0.1, 0.15) is 5.69 Å². The summed E-state index contributed by atoms with van der Waals surface area (Å²) < 4.78 is 6.98. The van der Waals surface area contributed by atoms with Gasteiger partial charge in [-0.15, -0.1) is 0 Å². The van der Waals surface area contributed by atoms with Crippen molar-refractivity contribution in [1.82, 2.24) is 9.78 Å². The van der Waals surface area contributed by atoms with Crippen LogP contribution in [0.15, 0.2) is 6.20 Å². The number of aromatic nitrogens is 2. The Labute approximate surface area is 106 Å². The number of Topliss-reactive ketones (excluding diaryl/α,β-unsaturated/α-hetero) is 1. The molecule has 0 aliphatic carbocycles. The van der Waals surface area contributed by atoms with E-state index in [-0.39, 0.29) is 17.7 Å². The molecule has 0 aromatic carbocycles. The average Bonchev–Trinajstić information content (AvgIpc) is 2.71. The molecule has 1 aromatic rings. The first-order chi connectivity index (χ1) is 8.11. The van der Waals surface area contributed by atoms with Crippen molar-refractivity contribution in [3.05, 3.63) is 16.9 Å². The van der Waals surface area contributed by atoms with Gasteiger partial charge in [-0.1, -0.05) is 11.6 Å². The molecule has 0 radical (unpaired) electrons. The van der Waals surface area contributed by atoms with E-state index in [4.69, 9.17) is 16.3 Å². The van der Waals surface area contributed by atoms with E-state index in [1.807, 2.05) is 13.8 Å². The maximum atomic E-state index is 12.4. The van der Waals surface area contributed by atoms with Crippen molar-refractivity contribution in [2.75, 3.05) is 13.2 Å². The van der Waals surface area contributed by atoms with Gasteiger partial charge in [0.15, 0.2) is 5.78 Å². The van der Waals surface area contributed by atoms with Crippen molar-refractivity contribution >= 4 is 17.4 Å². The number of rotatable bonds is 3. The van der Waals surface area contributed by atoms with E-state index in [9.17, 15) is 4.79 Å². The number of ketones is 1. The molecule has 0 atom stereocenters. The van der Waals surface area contributed by atoms with E-state index >= 15 is 0 Å². The summed E-state index contributed by atoms with van der Waals surface area (Å²) in [5.74, 6) is 0.125. The summed E-state index contributed by atoms with van der Waals surface area (Å²) in [6.07, 6.45) is 3.10. The molecule has 5 heteroatoms. The molecule has 1 aliphatic rings. The van der Waals surface area contributed by atoms with Gasteiger partial charge in [-0.25, -0.2) is 0 Å². The average molecular weight is 257 g/mol. The van der Waals surface area contributed by atoms with Gasteiger partial charge in [-0.2, -0.15) is 5.10 Å². The molecular weight excluding hydrogens is 240 g/mol. The second-order valence-electron chi connectivity index (χ2n) is 4.63. The molecule has 94 valence electrons. The zero-order chi connectivity index (χ0) is 12.4. The van der Waals surface area contributed by atoms with E-state index in [0.717, 1.165) is 12.8 Å². The first-order valence-electron chi connectivity index (χ1n) is 5.96. The molecule has 0 amide bonds. The Balaban J connectivity index is 2.26. The van der Waals surface area contributed by atoms with Gasteiger partial charge in [0.05, 0.1) is 11.2 Å². The Morgan fingerprint density at radius 2 is 2.18 bits per heavy atom. The van der Waals surface area contributed by atoms with Gasteiger partial charge in [0, 0.05) is 25.2 Å². The minimum absolute atomic E-state index is 0.0236. The fourth-order valence-corrected chi connectivity index (χ4v) is 2.34. The summed E-state index contributed by atoms with van der Waals surface area (Å²) in [6.45, 7) is 5.29. The number of hydrogen-bond donors (Lipinski definition) is 0. The lowest BCUT2D eigenvalue weighted by Crippen LogP contribution is -2.26. The van der Waals surface area contributed by atoms with Crippen LogP contribution >= 0.6 is 11.6 Å². The quantitative estimate of drug-likeness (QED) is 0.781. The standard InChI is InChI=1S/C12H17ClN2O2/c1-8(2)15-11(10(13)7-14-15)12(16)9-3-5-17-6-4-9/h7-9H,3-6H2,1-2H3. The minimum Gasteiger partial charge on any atom is -0.381 e. The van der Waals surface area contributed by atoms with Crippen molar-refractivity contribution in [2.45, 2.75) is 32.7 Å². The molecule has 2 rings (SSSR count). The number of carbonyl (C=O) groups excluding carboxylic acids is 1. The van der Waals surface area contributed by atoms with E-state index < -0.39 is 0 Å². The number of nitrogens with zero attached hydrogens (tertiary/aromatic N) is 2. The molecule has 4 nitrogen and oxygen atoms in total. The van der Waals surface area contributed by atoms with Gasteiger partial charge >= 0.3 is 0 Å². The van der Waals surface area contributed by atoms with Gasteiger partial charge in [0.25, 0.3) is 0 Å². The smallest absolute Gasteiger partial charge is 0.185 e. The molecule has 1 saturated heterocycles. The molecule has 1 aromatic heterocycles. The molecule has 0 saturated carbocycles. The highest BCUT2D eigenvalue weighted by Crippen LogP contribution is 2.26. The predicted molar refractivity (Wildman–Crippen MR) is 65.5 cm³/mol. The Morgan fingerprint density at radius 1 is 1.53 bits per heavy atom. The molecule has 0 N–H and O–H groups in total. The predicted octanol–water partition coefficient (Wildman–Crippen LogP) is 2.73. The first kappa shape index (κ1) is 12.6. The molecule has 0 spiro atoms. The lowest BCUT2D eigenvalue weighted by atomic mass is 9.93. The fourth-order valence-electron chi connectivity index (χ4n) is 2.12. The van der Waals surface area contributed by atoms with Crippen molar-refractivity contribution < 1.29 is 9.53 Å². The largest absolute Gasteiger partial charge is 0.381 e. The molecule has 17 heavy (non-hydrogen) atoms. The Morgan fingerprint density at radius 3 is 2.76 bits per heavy atom. The fraction of sp³-hybridized carbons (Fsp3) is 0.667. The van der Waals surface area contributed by atoms with E-state index in [2.05, 4.69) is 5.10 Å². The van der Waals surface area contributed by atoms with Crippen molar-refractivity contribution in [3.8, 4) is 0 Å². The SMILES string of the molecule is CC(C)n1ncc(Cl)c1C(=O)C1CCOCC1. The van der Waals surface area contributed by atoms with Crippen LogP contribution in [-0.4, -0.2) is 28.8 Å².